The summed E-state index contributed by atoms with van der Waals surface area (Å²) in [4.78, 5) is 32.8. The van der Waals surface area contributed by atoms with Crippen LogP contribution in [0.3, 0.4) is 0 Å². The lowest BCUT2D eigenvalue weighted by atomic mass is 9.85. The lowest BCUT2D eigenvalue weighted by Gasteiger charge is -2.34. The molecule has 0 saturated heterocycles. The van der Waals surface area contributed by atoms with Gasteiger partial charge in [0.15, 0.2) is 0 Å². The summed E-state index contributed by atoms with van der Waals surface area (Å²) in [6, 6.07) is 9.38. The molecule has 1 saturated carbocycles. The van der Waals surface area contributed by atoms with E-state index in [0.717, 1.165) is 59.4 Å². The number of imidazole rings is 1. The molecule has 2 aliphatic rings. The third-order valence-electron chi connectivity index (χ3n) is 8.17. The Kier molecular flexibility index (Phi) is 7.03. The molecule has 2 aromatic carbocycles. The number of benzene rings is 2. The van der Waals surface area contributed by atoms with E-state index in [4.69, 9.17) is 9.72 Å². The van der Waals surface area contributed by atoms with Gasteiger partial charge in [-0.05, 0) is 75.3 Å². The maximum atomic E-state index is 14.8. The first-order valence-corrected chi connectivity index (χ1v) is 13.3. The molecule has 1 fully saturated rings. The summed E-state index contributed by atoms with van der Waals surface area (Å²) in [5.41, 5.74) is 5.00. The molecule has 3 aromatic rings. The third-order valence-corrected chi connectivity index (χ3v) is 8.17. The number of nitrogens with zero attached hydrogens (tertiary/aromatic N) is 4. The van der Waals surface area contributed by atoms with E-state index in [9.17, 15) is 19.1 Å². The van der Waals surface area contributed by atoms with Gasteiger partial charge in [-0.2, -0.15) is 0 Å². The van der Waals surface area contributed by atoms with Crippen LogP contribution in [0.4, 0.5) is 20.6 Å². The lowest BCUT2D eigenvalue weighted by molar-refractivity contribution is -0.143. The van der Waals surface area contributed by atoms with Crippen LogP contribution in [0.1, 0.15) is 62.0 Å². The Morgan fingerprint density at radius 1 is 1.13 bits per heavy atom. The Morgan fingerprint density at radius 2 is 1.87 bits per heavy atom. The van der Waals surface area contributed by atoms with Crippen LogP contribution in [0.25, 0.3) is 11.0 Å². The summed E-state index contributed by atoms with van der Waals surface area (Å²) in [6.45, 7) is 2.01. The molecule has 1 aliphatic heterocycles. The molecule has 38 heavy (non-hydrogen) atoms. The number of halogens is 1. The van der Waals surface area contributed by atoms with E-state index < -0.39 is 5.97 Å². The molecule has 1 aliphatic carbocycles. The van der Waals surface area contributed by atoms with E-state index in [0.29, 0.717) is 24.9 Å². The molecule has 1 N–H and O–H groups in total. The Balaban J connectivity index is 1.60. The summed E-state index contributed by atoms with van der Waals surface area (Å²) < 4.78 is 22.1. The number of fused-ring (bicyclic) bond motifs is 3. The Morgan fingerprint density at radius 3 is 2.50 bits per heavy atom. The maximum Gasteiger partial charge on any atom is 0.414 e. The predicted molar refractivity (Wildman–Crippen MR) is 145 cm³/mol. The van der Waals surface area contributed by atoms with Crippen LogP contribution in [-0.2, 0) is 22.4 Å². The van der Waals surface area contributed by atoms with Crippen LogP contribution >= 0.6 is 0 Å². The van der Waals surface area contributed by atoms with Crippen molar-refractivity contribution >= 4 is 34.5 Å². The first kappa shape index (κ1) is 26.0. The molecule has 1 aromatic heterocycles. The minimum atomic E-state index is -0.735. The summed E-state index contributed by atoms with van der Waals surface area (Å²) in [6.07, 6.45) is 4.36. The van der Waals surface area contributed by atoms with E-state index >= 15 is 0 Å². The highest BCUT2D eigenvalue weighted by molar-refractivity contribution is 5.95. The normalized spacial score (nSPS) is 21.3. The molecular weight excluding hydrogens is 487 g/mol. The minimum absolute atomic E-state index is 0.0124. The average molecular weight is 523 g/mol. The van der Waals surface area contributed by atoms with Crippen molar-refractivity contribution in [2.75, 3.05) is 31.0 Å². The van der Waals surface area contributed by atoms with E-state index in [1.54, 1.807) is 21.9 Å². The van der Waals surface area contributed by atoms with Gasteiger partial charge < -0.3 is 19.3 Å². The number of methoxy groups -OCH3 is 1. The van der Waals surface area contributed by atoms with Crippen LogP contribution in [0, 0.1) is 11.7 Å². The molecule has 2 heterocycles. The zero-order valence-electron chi connectivity index (χ0n) is 22.4. The average Bonchev–Trinajstić information content (AvgIpc) is 3.26. The van der Waals surface area contributed by atoms with Crippen molar-refractivity contribution in [1.82, 2.24) is 9.55 Å². The van der Waals surface area contributed by atoms with Gasteiger partial charge in [0.2, 0.25) is 0 Å². The highest BCUT2D eigenvalue weighted by Crippen LogP contribution is 2.40. The highest BCUT2D eigenvalue weighted by atomic mass is 19.1. The first-order valence-electron chi connectivity index (χ1n) is 13.3. The number of hydrogen-bond acceptors (Lipinski definition) is 5. The smallest absolute Gasteiger partial charge is 0.414 e. The number of aryl methyl sites for hydroxylation is 1. The van der Waals surface area contributed by atoms with Gasteiger partial charge in [-0.15, -0.1) is 0 Å². The topological polar surface area (TPSA) is 87.9 Å². The highest BCUT2D eigenvalue weighted by Gasteiger charge is 2.33. The van der Waals surface area contributed by atoms with Gasteiger partial charge in [-0.25, -0.2) is 14.2 Å². The fourth-order valence-electron chi connectivity index (χ4n) is 6.14. The van der Waals surface area contributed by atoms with Crippen LogP contribution in [0.5, 0.6) is 0 Å². The van der Waals surface area contributed by atoms with Crippen molar-refractivity contribution in [2.45, 2.75) is 64.0 Å². The largest absolute Gasteiger partial charge is 0.481 e. The number of carbonyl (C=O) groups excluding carboxylic acids is 1. The summed E-state index contributed by atoms with van der Waals surface area (Å²) in [7, 11) is 5.02. The Hall–Kier alpha value is -3.62. The molecule has 0 radical (unpaired) electrons. The second kappa shape index (κ2) is 10.3. The number of ether oxygens (including phenoxy) is 1. The number of aliphatic carboxylic acids is 1. The van der Waals surface area contributed by atoms with Crippen molar-refractivity contribution in [2.24, 2.45) is 5.92 Å². The predicted octanol–water partition coefficient (Wildman–Crippen LogP) is 5.56. The molecular formula is C29H35FN4O4. The fourth-order valence-corrected chi connectivity index (χ4v) is 6.14. The van der Waals surface area contributed by atoms with E-state index in [2.05, 4.69) is 4.57 Å². The number of anilines is 2. The molecule has 1 amide bonds. The number of carboxylic acid groups (broad SMARTS) is 1. The fraction of sp³-hybridized carbons (Fsp3) is 0.483. The number of hydrogen-bond donors (Lipinski definition) is 1. The second-order valence-corrected chi connectivity index (χ2v) is 10.8. The molecule has 0 spiro atoms. The second-order valence-electron chi connectivity index (χ2n) is 10.8. The molecule has 9 heteroatoms. The number of amides is 1. The van der Waals surface area contributed by atoms with Crippen molar-refractivity contribution < 1.29 is 23.8 Å². The van der Waals surface area contributed by atoms with Crippen LogP contribution in [0.2, 0.25) is 0 Å². The number of carbonyl (C=O) groups is 2. The van der Waals surface area contributed by atoms with Crippen molar-refractivity contribution in [3.63, 3.8) is 0 Å². The maximum absolute atomic E-state index is 14.8. The molecule has 1 atom stereocenters. The van der Waals surface area contributed by atoms with Crippen LogP contribution in [0.15, 0.2) is 30.3 Å². The molecule has 0 unspecified atom stereocenters. The lowest BCUT2D eigenvalue weighted by Crippen LogP contribution is -2.42. The van der Waals surface area contributed by atoms with E-state index in [1.807, 2.05) is 39.2 Å². The Bertz CT molecular complexity index is 1380. The van der Waals surface area contributed by atoms with Crippen molar-refractivity contribution in [3.8, 4) is 0 Å². The number of aromatic nitrogens is 2. The van der Waals surface area contributed by atoms with Crippen molar-refractivity contribution in [1.29, 1.82) is 0 Å². The number of rotatable bonds is 5. The first-order chi connectivity index (χ1) is 18.2. The zero-order valence-corrected chi connectivity index (χ0v) is 22.4. The van der Waals surface area contributed by atoms with Crippen LogP contribution in [-0.4, -0.2) is 54.0 Å². The summed E-state index contributed by atoms with van der Waals surface area (Å²) in [5.74, 6) is -0.508. The van der Waals surface area contributed by atoms with E-state index in [1.165, 1.54) is 7.11 Å². The van der Waals surface area contributed by atoms with Gasteiger partial charge in [-0.1, -0.05) is 6.07 Å². The number of carboxylic acids is 1. The van der Waals surface area contributed by atoms with E-state index in [-0.39, 0.29) is 29.9 Å². The zero-order chi connectivity index (χ0) is 27.1. The quantitative estimate of drug-likeness (QED) is 0.472. The van der Waals surface area contributed by atoms with Gasteiger partial charge in [0.05, 0.1) is 35.4 Å². The molecule has 8 nitrogen and oxygen atoms in total. The molecule has 0 bridgehead atoms. The summed E-state index contributed by atoms with van der Waals surface area (Å²) >= 11 is 0. The minimum Gasteiger partial charge on any atom is -0.481 e. The van der Waals surface area contributed by atoms with Crippen LogP contribution < -0.4 is 9.80 Å². The van der Waals surface area contributed by atoms with Gasteiger partial charge in [0, 0.05) is 38.2 Å². The summed E-state index contributed by atoms with van der Waals surface area (Å²) in [5, 5.41) is 9.51. The monoisotopic (exact) mass is 522 g/mol. The molecule has 5 rings (SSSR count). The van der Waals surface area contributed by atoms with Gasteiger partial charge >= 0.3 is 12.1 Å². The SMILES string of the molecule is COC(=O)N1c2ccc3c(nc(Cc4ccc(N(C)C)c(F)c4)n3C3CCC(C(=O)O)CC3)c2CC[C@@H]1C. The third kappa shape index (κ3) is 4.59. The van der Waals surface area contributed by atoms with Gasteiger partial charge in [0.1, 0.15) is 11.6 Å². The standard InChI is InChI=1S/C29H35FN4O4/c1-17-5-11-21-23(33(17)29(37)38-4)13-14-25-27(21)31-26(16-18-6-12-24(32(2)3)22(30)15-18)34(25)20-9-7-19(8-10-20)28(35)36/h6,12-15,17,19-20H,5,7-11,16H2,1-4H3,(H,35,36)/t17-,19?,20?/m0/s1. The Labute approximate surface area is 222 Å². The van der Waals surface area contributed by atoms with Crippen molar-refractivity contribution in [3.05, 3.63) is 53.1 Å². The van der Waals surface area contributed by atoms with Gasteiger partial charge in [-0.3, -0.25) is 9.69 Å². The van der Waals surface area contributed by atoms with Gasteiger partial charge in [0.25, 0.3) is 0 Å². The molecule has 202 valence electrons.